The summed E-state index contributed by atoms with van der Waals surface area (Å²) in [5.41, 5.74) is 0.506. The lowest BCUT2D eigenvalue weighted by Gasteiger charge is -2.19. The van der Waals surface area contributed by atoms with Gasteiger partial charge in [0, 0.05) is 26.1 Å². The van der Waals surface area contributed by atoms with Crippen molar-refractivity contribution in [3.63, 3.8) is 0 Å². The third kappa shape index (κ3) is 11.2. The number of hydrogen-bond donors (Lipinski definition) is 3. The van der Waals surface area contributed by atoms with Gasteiger partial charge in [0.25, 0.3) is 0 Å². The summed E-state index contributed by atoms with van der Waals surface area (Å²) in [5.74, 6) is 1.65. The Bertz CT molecular complexity index is 574. The van der Waals surface area contributed by atoms with Crippen LogP contribution in [0.4, 0.5) is 4.79 Å². The first-order valence-electron chi connectivity index (χ1n) is 8.92. The molecule has 1 heterocycles. The Morgan fingerprint density at radius 2 is 1.92 bits per heavy atom. The summed E-state index contributed by atoms with van der Waals surface area (Å²) in [7, 11) is 0. The fourth-order valence-corrected chi connectivity index (χ4v) is 1.95. The van der Waals surface area contributed by atoms with E-state index in [4.69, 9.17) is 9.15 Å². The molecule has 0 aliphatic carbocycles. The average Bonchev–Trinajstić information content (AvgIpc) is 3.03. The highest BCUT2D eigenvalue weighted by atomic mass is 16.6. The first kappa shape index (κ1) is 21.6. The number of ether oxygens (including phenoxy) is 1. The van der Waals surface area contributed by atoms with Gasteiger partial charge in [-0.05, 0) is 46.2 Å². The fraction of sp³-hybridized carbons (Fsp3) is 0.579. The smallest absolute Gasteiger partial charge is 0.407 e. The molecule has 0 saturated carbocycles. The second-order valence-corrected chi connectivity index (χ2v) is 7.09. The highest BCUT2D eigenvalue weighted by Crippen LogP contribution is 2.06. The van der Waals surface area contributed by atoms with Crippen molar-refractivity contribution in [2.24, 2.45) is 4.99 Å². The molecule has 0 aliphatic rings. The Kier molecular flexibility index (Phi) is 9.33. The minimum absolute atomic E-state index is 0.398. The van der Waals surface area contributed by atoms with E-state index in [1.165, 1.54) is 0 Å². The highest BCUT2D eigenvalue weighted by molar-refractivity contribution is 5.79. The molecule has 0 atom stereocenters. The Labute approximate surface area is 156 Å². The van der Waals surface area contributed by atoms with E-state index in [1.807, 2.05) is 39.8 Å². The number of guanidine groups is 1. The van der Waals surface area contributed by atoms with Gasteiger partial charge in [0.1, 0.15) is 11.4 Å². The summed E-state index contributed by atoms with van der Waals surface area (Å²) in [4.78, 5) is 16.1. The van der Waals surface area contributed by atoms with Gasteiger partial charge < -0.3 is 25.1 Å². The van der Waals surface area contributed by atoms with Crippen molar-refractivity contribution in [2.75, 3.05) is 26.2 Å². The number of hydrogen-bond acceptors (Lipinski definition) is 4. The summed E-state index contributed by atoms with van der Waals surface area (Å²) < 4.78 is 10.5. The topological polar surface area (TPSA) is 87.9 Å². The molecule has 0 fully saturated rings. The van der Waals surface area contributed by atoms with Crippen LogP contribution in [0.1, 0.15) is 39.9 Å². The molecule has 146 valence electrons. The second-order valence-electron chi connectivity index (χ2n) is 7.09. The number of nitrogens with one attached hydrogen (secondary N) is 3. The van der Waals surface area contributed by atoms with E-state index in [9.17, 15) is 4.79 Å². The van der Waals surface area contributed by atoms with E-state index in [1.54, 1.807) is 6.26 Å². The van der Waals surface area contributed by atoms with E-state index in [0.29, 0.717) is 26.2 Å². The zero-order valence-corrected chi connectivity index (χ0v) is 16.4. The standard InChI is InChI=1S/C19H32N4O3/c1-15(2)14-23-17(21-12-9-16-8-6-13-25-16)20-10-7-11-22-18(24)26-19(3,4)5/h6,8,13H,1,7,9-12,14H2,2-5H3,(H,22,24)(H2,20,21,23). The largest absolute Gasteiger partial charge is 0.469 e. The molecule has 0 aromatic carbocycles. The maximum atomic E-state index is 11.6. The van der Waals surface area contributed by atoms with Gasteiger partial charge in [-0.1, -0.05) is 12.2 Å². The van der Waals surface area contributed by atoms with E-state index in [0.717, 1.165) is 30.1 Å². The zero-order chi connectivity index (χ0) is 19.4. The number of amides is 1. The Balaban J connectivity index is 2.28. The van der Waals surface area contributed by atoms with Crippen molar-refractivity contribution in [1.29, 1.82) is 0 Å². The quantitative estimate of drug-likeness (QED) is 0.271. The van der Waals surface area contributed by atoms with Crippen molar-refractivity contribution < 1.29 is 13.9 Å². The lowest BCUT2D eigenvalue weighted by Crippen LogP contribution is -2.40. The summed E-state index contributed by atoms with van der Waals surface area (Å²) in [6, 6.07) is 3.82. The van der Waals surface area contributed by atoms with Crippen LogP contribution in [-0.4, -0.2) is 43.8 Å². The molecule has 7 nitrogen and oxygen atoms in total. The molecule has 26 heavy (non-hydrogen) atoms. The van der Waals surface area contributed by atoms with Crippen LogP contribution < -0.4 is 16.0 Å². The first-order chi connectivity index (χ1) is 12.3. The van der Waals surface area contributed by atoms with Crippen molar-refractivity contribution in [2.45, 2.75) is 46.1 Å². The van der Waals surface area contributed by atoms with Crippen LogP contribution >= 0.6 is 0 Å². The number of alkyl carbamates (subject to hydrolysis) is 1. The van der Waals surface area contributed by atoms with Crippen LogP contribution in [0.2, 0.25) is 0 Å². The number of rotatable bonds is 9. The van der Waals surface area contributed by atoms with Gasteiger partial charge in [-0.3, -0.25) is 0 Å². The molecule has 0 unspecified atom stereocenters. The predicted octanol–water partition coefficient (Wildman–Crippen LogP) is 2.85. The maximum absolute atomic E-state index is 11.6. The van der Waals surface area contributed by atoms with Gasteiger partial charge in [-0.15, -0.1) is 0 Å². The predicted molar refractivity (Wildman–Crippen MR) is 104 cm³/mol. The van der Waals surface area contributed by atoms with E-state index in [2.05, 4.69) is 27.5 Å². The summed E-state index contributed by atoms with van der Waals surface area (Å²) in [6.07, 6.45) is 2.80. The molecule has 0 aliphatic heterocycles. The molecule has 1 amide bonds. The first-order valence-corrected chi connectivity index (χ1v) is 8.92. The lowest BCUT2D eigenvalue weighted by molar-refractivity contribution is 0.0527. The molecule has 3 N–H and O–H groups in total. The minimum Gasteiger partial charge on any atom is -0.469 e. The van der Waals surface area contributed by atoms with Crippen LogP contribution in [0.5, 0.6) is 0 Å². The van der Waals surface area contributed by atoms with Crippen LogP contribution in [0, 0.1) is 0 Å². The van der Waals surface area contributed by atoms with Crippen molar-refractivity contribution in [1.82, 2.24) is 16.0 Å². The van der Waals surface area contributed by atoms with E-state index < -0.39 is 11.7 Å². The molecule has 0 radical (unpaired) electrons. The number of carbonyl (C=O) groups is 1. The number of nitrogens with zero attached hydrogens (tertiary/aromatic N) is 1. The lowest BCUT2D eigenvalue weighted by atomic mass is 10.2. The van der Waals surface area contributed by atoms with Gasteiger partial charge in [-0.2, -0.15) is 0 Å². The third-order valence-corrected chi connectivity index (χ3v) is 3.07. The number of carbonyl (C=O) groups excluding carboxylic acids is 1. The molecule has 1 aromatic rings. The molecule has 0 saturated heterocycles. The van der Waals surface area contributed by atoms with Gasteiger partial charge in [0.05, 0.1) is 12.8 Å². The van der Waals surface area contributed by atoms with Crippen molar-refractivity contribution in [3.8, 4) is 0 Å². The van der Waals surface area contributed by atoms with Crippen molar-refractivity contribution >= 4 is 12.1 Å². The fourth-order valence-electron chi connectivity index (χ4n) is 1.95. The molecule has 7 heteroatoms. The summed E-state index contributed by atoms with van der Waals surface area (Å²) in [6.45, 7) is 13.8. The van der Waals surface area contributed by atoms with E-state index in [-0.39, 0.29) is 0 Å². The van der Waals surface area contributed by atoms with E-state index >= 15 is 0 Å². The number of furan rings is 1. The second kappa shape index (κ2) is 11.2. The average molecular weight is 364 g/mol. The summed E-state index contributed by atoms with van der Waals surface area (Å²) in [5, 5.41) is 9.26. The zero-order valence-electron chi connectivity index (χ0n) is 16.4. The number of aliphatic imine (C=N–C) groups is 1. The van der Waals surface area contributed by atoms with Crippen LogP contribution in [0.15, 0.2) is 40.0 Å². The van der Waals surface area contributed by atoms with Gasteiger partial charge in [0.2, 0.25) is 0 Å². The van der Waals surface area contributed by atoms with Crippen molar-refractivity contribution in [3.05, 3.63) is 36.3 Å². The molecular weight excluding hydrogens is 332 g/mol. The normalized spacial score (nSPS) is 11.8. The third-order valence-electron chi connectivity index (χ3n) is 3.07. The monoisotopic (exact) mass is 364 g/mol. The molecule has 1 aromatic heterocycles. The summed E-state index contributed by atoms with van der Waals surface area (Å²) >= 11 is 0. The molecule has 0 spiro atoms. The van der Waals surface area contributed by atoms with Gasteiger partial charge in [-0.25, -0.2) is 9.79 Å². The van der Waals surface area contributed by atoms with Crippen LogP contribution in [-0.2, 0) is 11.2 Å². The molecule has 1 rings (SSSR count). The van der Waals surface area contributed by atoms with Crippen LogP contribution in [0.25, 0.3) is 0 Å². The van der Waals surface area contributed by atoms with Gasteiger partial charge in [0.15, 0.2) is 5.96 Å². The molecular formula is C19H32N4O3. The SMILES string of the molecule is C=C(C)CN=C(NCCCNC(=O)OC(C)(C)C)NCCc1ccco1. The minimum atomic E-state index is -0.484. The Morgan fingerprint density at radius 1 is 1.23 bits per heavy atom. The van der Waals surface area contributed by atoms with Gasteiger partial charge >= 0.3 is 6.09 Å². The van der Waals surface area contributed by atoms with Crippen LogP contribution in [0.3, 0.4) is 0 Å². The Morgan fingerprint density at radius 3 is 2.54 bits per heavy atom. The maximum Gasteiger partial charge on any atom is 0.407 e. The molecule has 0 bridgehead atoms. The Hall–Kier alpha value is -2.44. The highest BCUT2D eigenvalue weighted by Gasteiger charge is 2.15.